The third-order valence-electron chi connectivity index (χ3n) is 2.88. The minimum Gasteiger partial charge on any atom is -0.507 e. The summed E-state index contributed by atoms with van der Waals surface area (Å²) in [7, 11) is 1.92. The van der Waals surface area contributed by atoms with E-state index in [0.717, 1.165) is 11.4 Å². The lowest BCUT2D eigenvalue weighted by Crippen LogP contribution is -2.15. The van der Waals surface area contributed by atoms with Gasteiger partial charge in [-0.25, -0.2) is 0 Å². The minimum absolute atomic E-state index is 0.105. The highest BCUT2D eigenvalue weighted by Crippen LogP contribution is 2.29. The summed E-state index contributed by atoms with van der Waals surface area (Å²) >= 11 is 0. The molecule has 0 radical (unpaired) electrons. The fraction of sp³-hybridized carbons (Fsp3) is 0.286. The number of phenolic OH excluding ortho intramolecular Hbond substituents is 1. The molecule has 18 heavy (non-hydrogen) atoms. The number of nitrogens with zero attached hydrogens (tertiary/aromatic N) is 1. The van der Waals surface area contributed by atoms with Crippen LogP contribution in [-0.4, -0.2) is 17.3 Å². The van der Waals surface area contributed by atoms with Gasteiger partial charge >= 0.3 is 0 Å². The second kappa shape index (κ2) is 5.14. The molecule has 0 saturated heterocycles. The molecule has 0 bridgehead atoms. The summed E-state index contributed by atoms with van der Waals surface area (Å²) < 4.78 is 5.27. The molecule has 2 aromatic rings. The Bertz CT molecular complexity index is 506. The SMILES string of the molecule is CC(O)c1ccc(N(C)Cc2ccco2)cc1O. The van der Waals surface area contributed by atoms with Crippen LogP contribution in [0.15, 0.2) is 41.0 Å². The van der Waals surface area contributed by atoms with Crippen molar-refractivity contribution in [3.8, 4) is 5.75 Å². The van der Waals surface area contributed by atoms with Crippen LogP contribution in [0, 0.1) is 0 Å². The molecule has 1 unspecified atom stereocenters. The highest BCUT2D eigenvalue weighted by molar-refractivity contribution is 5.53. The average Bonchev–Trinajstić information content (AvgIpc) is 2.81. The zero-order valence-corrected chi connectivity index (χ0v) is 10.5. The summed E-state index contributed by atoms with van der Waals surface area (Å²) in [5.74, 6) is 0.963. The second-order valence-electron chi connectivity index (χ2n) is 4.35. The molecule has 0 amide bonds. The predicted molar refractivity (Wildman–Crippen MR) is 69.6 cm³/mol. The Labute approximate surface area is 106 Å². The van der Waals surface area contributed by atoms with Gasteiger partial charge in [-0.05, 0) is 25.1 Å². The van der Waals surface area contributed by atoms with Gasteiger partial charge < -0.3 is 19.5 Å². The Morgan fingerprint density at radius 3 is 2.67 bits per heavy atom. The first-order valence-corrected chi connectivity index (χ1v) is 5.82. The van der Waals surface area contributed by atoms with Gasteiger partial charge in [0, 0.05) is 24.4 Å². The predicted octanol–water partition coefficient (Wildman–Crippen LogP) is 2.67. The van der Waals surface area contributed by atoms with Crippen molar-refractivity contribution in [3.63, 3.8) is 0 Å². The van der Waals surface area contributed by atoms with Gasteiger partial charge in [0.05, 0.1) is 18.9 Å². The maximum absolute atomic E-state index is 9.83. The Balaban J connectivity index is 2.16. The molecule has 2 rings (SSSR count). The molecule has 1 atom stereocenters. The smallest absolute Gasteiger partial charge is 0.123 e. The van der Waals surface area contributed by atoms with E-state index in [1.165, 1.54) is 0 Å². The van der Waals surface area contributed by atoms with Crippen LogP contribution in [0.2, 0.25) is 0 Å². The Morgan fingerprint density at radius 2 is 2.11 bits per heavy atom. The normalized spacial score (nSPS) is 12.4. The summed E-state index contributed by atoms with van der Waals surface area (Å²) in [5, 5.41) is 19.3. The fourth-order valence-corrected chi connectivity index (χ4v) is 1.85. The molecule has 0 saturated carbocycles. The molecule has 0 aliphatic heterocycles. The highest BCUT2D eigenvalue weighted by atomic mass is 16.3. The van der Waals surface area contributed by atoms with Gasteiger partial charge in [-0.3, -0.25) is 0 Å². The zero-order valence-electron chi connectivity index (χ0n) is 10.5. The Hall–Kier alpha value is -1.94. The monoisotopic (exact) mass is 247 g/mol. The highest BCUT2D eigenvalue weighted by Gasteiger charge is 2.10. The second-order valence-corrected chi connectivity index (χ2v) is 4.35. The van der Waals surface area contributed by atoms with Crippen LogP contribution in [0.1, 0.15) is 24.4 Å². The number of benzene rings is 1. The van der Waals surface area contributed by atoms with Gasteiger partial charge in [0.1, 0.15) is 11.5 Å². The Kier molecular flexibility index (Phi) is 3.58. The van der Waals surface area contributed by atoms with E-state index < -0.39 is 6.10 Å². The molecule has 0 aliphatic rings. The molecule has 0 spiro atoms. The summed E-state index contributed by atoms with van der Waals surface area (Å²) in [5.41, 5.74) is 1.40. The first kappa shape index (κ1) is 12.5. The molecule has 4 heteroatoms. The standard InChI is InChI=1S/C14H17NO3/c1-10(16)13-6-5-11(8-14(13)17)15(2)9-12-4-3-7-18-12/h3-8,10,16-17H,9H2,1-2H3. The summed E-state index contributed by atoms with van der Waals surface area (Å²) in [6, 6.07) is 8.99. The van der Waals surface area contributed by atoms with E-state index in [2.05, 4.69) is 0 Å². The van der Waals surface area contributed by atoms with Crippen molar-refractivity contribution in [2.24, 2.45) is 0 Å². The lowest BCUT2D eigenvalue weighted by molar-refractivity contribution is 0.195. The van der Waals surface area contributed by atoms with Crippen molar-refractivity contribution < 1.29 is 14.6 Å². The van der Waals surface area contributed by atoms with Crippen molar-refractivity contribution in [2.45, 2.75) is 19.6 Å². The molecule has 0 fully saturated rings. The van der Waals surface area contributed by atoms with E-state index in [-0.39, 0.29) is 5.75 Å². The number of rotatable bonds is 4. The van der Waals surface area contributed by atoms with Gasteiger partial charge in [0.25, 0.3) is 0 Å². The van der Waals surface area contributed by atoms with E-state index in [0.29, 0.717) is 12.1 Å². The van der Waals surface area contributed by atoms with Crippen LogP contribution < -0.4 is 4.90 Å². The van der Waals surface area contributed by atoms with Crippen LogP contribution in [0.3, 0.4) is 0 Å². The summed E-state index contributed by atoms with van der Waals surface area (Å²) in [4.78, 5) is 1.96. The zero-order chi connectivity index (χ0) is 13.1. The lowest BCUT2D eigenvalue weighted by atomic mass is 10.1. The van der Waals surface area contributed by atoms with Crippen molar-refractivity contribution in [1.29, 1.82) is 0 Å². The number of anilines is 1. The van der Waals surface area contributed by atoms with Gasteiger partial charge in [0.2, 0.25) is 0 Å². The van der Waals surface area contributed by atoms with Gasteiger partial charge in [-0.1, -0.05) is 6.07 Å². The van der Waals surface area contributed by atoms with Crippen molar-refractivity contribution in [2.75, 3.05) is 11.9 Å². The van der Waals surface area contributed by atoms with Crippen molar-refractivity contribution in [1.82, 2.24) is 0 Å². The summed E-state index contributed by atoms with van der Waals surface area (Å²) in [6.07, 6.45) is 0.964. The average molecular weight is 247 g/mol. The molecule has 96 valence electrons. The molecule has 1 heterocycles. The molecule has 2 N–H and O–H groups in total. The maximum atomic E-state index is 9.83. The van der Waals surface area contributed by atoms with Crippen molar-refractivity contribution >= 4 is 5.69 Å². The number of phenols is 1. The molecule has 4 nitrogen and oxygen atoms in total. The number of hydrogen-bond acceptors (Lipinski definition) is 4. The summed E-state index contributed by atoms with van der Waals surface area (Å²) in [6.45, 7) is 2.25. The van der Waals surface area contributed by atoms with Gasteiger partial charge in [0.15, 0.2) is 0 Å². The number of furan rings is 1. The topological polar surface area (TPSA) is 56.8 Å². The number of aromatic hydroxyl groups is 1. The largest absolute Gasteiger partial charge is 0.507 e. The van der Waals surface area contributed by atoms with E-state index in [1.807, 2.05) is 30.1 Å². The van der Waals surface area contributed by atoms with Gasteiger partial charge in [-0.15, -0.1) is 0 Å². The molecular formula is C14H17NO3. The quantitative estimate of drug-likeness (QED) is 0.872. The van der Waals surface area contributed by atoms with Crippen LogP contribution in [0.5, 0.6) is 5.75 Å². The molecule has 0 aliphatic carbocycles. The fourth-order valence-electron chi connectivity index (χ4n) is 1.85. The van der Waals surface area contributed by atoms with E-state index in [4.69, 9.17) is 4.42 Å². The van der Waals surface area contributed by atoms with Crippen LogP contribution in [-0.2, 0) is 6.54 Å². The van der Waals surface area contributed by atoms with Gasteiger partial charge in [-0.2, -0.15) is 0 Å². The third kappa shape index (κ3) is 2.65. The van der Waals surface area contributed by atoms with E-state index in [9.17, 15) is 10.2 Å². The lowest BCUT2D eigenvalue weighted by Gasteiger charge is -2.19. The van der Waals surface area contributed by atoms with Crippen LogP contribution in [0.4, 0.5) is 5.69 Å². The molecule has 1 aromatic carbocycles. The first-order chi connectivity index (χ1) is 8.58. The number of aliphatic hydroxyl groups excluding tert-OH is 1. The first-order valence-electron chi connectivity index (χ1n) is 5.82. The third-order valence-corrected chi connectivity index (χ3v) is 2.88. The Morgan fingerprint density at radius 1 is 1.33 bits per heavy atom. The number of aliphatic hydroxyl groups is 1. The van der Waals surface area contributed by atoms with E-state index >= 15 is 0 Å². The molecular weight excluding hydrogens is 230 g/mol. The van der Waals surface area contributed by atoms with Crippen LogP contribution >= 0.6 is 0 Å². The molecule has 1 aromatic heterocycles. The minimum atomic E-state index is -0.672. The number of hydrogen-bond donors (Lipinski definition) is 2. The maximum Gasteiger partial charge on any atom is 0.123 e. The van der Waals surface area contributed by atoms with Crippen LogP contribution in [0.25, 0.3) is 0 Å². The van der Waals surface area contributed by atoms with Crippen molar-refractivity contribution in [3.05, 3.63) is 47.9 Å². The van der Waals surface area contributed by atoms with E-state index in [1.54, 1.807) is 25.3 Å².